The van der Waals surface area contributed by atoms with E-state index in [1.54, 1.807) is 0 Å². The van der Waals surface area contributed by atoms with Crippen molar-refractivity contribution in [3.8, 4) is 0 Å². The molecule has 1 aliphatic carbocycles. The van der Waals surface area contributed by atoms with Gasteiger partial charge in [0, 0.05) is 6.42 Å². The molecule has 0 saturated heterocycles. The Kier molecular flexibility index (Phi) is 32.1. The topological polar surface area (TPSA) is 206 Å². The monoisotopic (exact) mass is 822 g/mol. The molecule has 56 heavy (non-hydrogen) atoms. The van der Waals surface area contributed by atoms with Gasteiger partial charge in [-0.15, -0.1) is 0 Å². The Hall–Kier alpha value is -0.920. The van der Waals surface area contributed by atoms with Gasteiger partial charge in [-0.05, 0) is 19.3 Å². The second-order valence-electron chi connectivity index (χ2n) is 16.3. The summed E-state index contributed by atoms with van der Waals surface area (Å²) in [5.41, 5.74) is 0. The number of nitrogens with one attached hydrogen (secondary N) is 1. The Labute approximate surface area is 339 Å². The van der Waals surface area contributed by atoms with Gasteiger partial charge in [-0.25, -0.2) is 4.57 Å². The van der Waals surface area contributed by atoms with Gasteiger partial charge in [0.15, 0.2) is 0 Å². The Balaban J connectivity index is 2.44. The first-order valence-electron chi connectivity index (χ1n) is 22.6. The molecule has 0 spiro atoms. The smallest absolute Gasteiger partial charge is 0.387 e. The number of unbranched alkanes of at least 4 members (excludes halogenated alkanes) is 26. The molecule has 0 aliphatic heterocycles. The molecule has 8 N–H and O–H groups in total. The zero-order chi connectivity index (χ0) is 41.4. The molecule has 0 heterocycles. The van der Waals surface area contributed by atoms with E-state index < -0.39 is 63.2 Å². The van der Waals surface area contributed by atoms with Crippen molar-refractivity contribution in [2.24, 2.45) is 0 Å². The lowest BCUT2D eigenvalue weighted by Gasteiger charge is -2.41. The molecule has 1 saturated carbocycles. The van der Waals surface area contributed by atoms with Gasteiger partial charge in [0.1, 0.15) is 36.6 Å². The van der Waals surface area contributed by atoms with E-state index in [-0.39, 0.29) is 12.3 Å². The van der Waals surface area contributed by atoms with Gasteiger partial charge in [-0.1, -0.05) is 187 Å². The van der Waals surface area contributed by atoms with Gasteiger partial charge in [0.25, 0.3) is 0 Å². The molecule has 332 valence electrons. The van der Waals surface area contributed by atoms with E-state index in [0.29, 0.717) is 6.42 Å². The third-order valence-electron chi connectivity index (χ3n) is 11.1. The van der Waals surface area contributed by atoms with E-state index >= 15 is 0 Å². The predicted octanol–water partition coefficient (Wildman–Crippen LogP) is 8.06. The maximum atomic E-state index is 12.9. The van der Waals surface area contributed by atoms with E-state index in [9.17, 15) is 44.9 Å². The maximum absolute atomic E-state index is 12.9. The first-order chi connectivity index (χ1) is 26.9. The quantitative estimate of drug-likeness (QED) is 0.0171. The Bertz CT molecular complexity index is 1000. The lowest BCUT2D eigenvalue weighted by atomic mass is 9.85. The molecule has 0 aromatic carbocycles. The largest absolute Gasteiger partial charge is 0.472 e. The highest BCUT2D eigenvalue weighted by Crippen LogP contribution is 2.47. The maximum Gasteiger partial charge on any atom is 0.472 e. The number of carbonyl (C=O) groups is 1. The molecule has 0 radical (unpaired) electrons. The highest BCUT2D eigenvalue weighted by atomic mass is 31.2. The van der Waals surface area contributed by atoms with Crippen LogP contribution in [0.4, 0.5) is 0 Å². The van der Waals surface area contributed by atoms with Crippen LogP contribution in [0.3, 0.4) is 0 Å². The third-order valence-corrected chi connectivity index (χ3v) is 12.1. The number of allylic oxidation sites excluding steroid dienone is 1. The second kappa shape index (κ2) is 33.9. The zero-order valence-electron chi connectivity index (χ0n) is 35.2. The number of aliphatic hydroxyl groups is 6. The molecule has 13 heteroatoms. The second-order valence-corrected chi connectivity index (χ2v) is 17.7. The van der Waals surface area contributed by atoms with Crippen molar-refractivity contribution in [1.29, 1.82) is 0 Å². The minimum Gasteiger partial charge on any atom is -0.387 e. The van der Waals surface area contributed by atoms with Gasteiger partial charge >= 0.3 is 7.82 Å². The van der Waals surface area contributed by atoms with E-state index in [1.807, 2.05) is 6.08 Å². The molecule has 6 unspecified atom stereocenters. The number of aliphatic hydroxyl groups excluding tert-OH is 6. The number of amides is 1. The van der Waals surface area contributed by atoms with Crippen molar-refractivity contribution < 1.29 is 53.9 Å². The van der Waals surface area contributed by atoms with Crippen molar-refractivity contribution >= 4 is 13.7 Å². The lowest BCUT2D eigenvalue weighted by Crippen LogP contribution is -2.64. The predicted molar refractivity (Wildman–Crippen MR) is 223 cm³/mol. The number of rotatable bonds is 37. The first-order valence-corrected chi connectivity index (χ1v) is 24.1. The fourth-order valence-corrected chi connectivity index (χ4v) is 8.28. The summed E-state index contributed by atoms with van der Waals surface area (Å²) in [6, 6.07) is -1.11. The van der Waals surface area contributed by atoms with Gasteiger partial charge < -0.3 is 40.8 Å². The third kappa shape index (κ3) is 25.5. The summed E-state index contributed by atoms with van der Waals surface area (Å²) >= 11 is 0. The summed E-state index contributed by atoms with van der Waals surface area (Å²) in [6.45, 7) is 3.81. The number of hydrogen-bond acceptors (Lipinski definition) is 10. The molecule has 1 aliphatic rings. The summed E-state index contributed by atoms with van der Waals surface area (Å²) in [5, 5.41) is 63.8. The van der Waals surface area contributed by atoms with Crippen molar-refractivity contribution in [3.05, 3.63) is 12.2 Å². The van der Waals surface area contributed by atoms with Crippen LogP contribution in [0.25, 0.3) is 0 Å². The minimum absolute atomic E-state index is 0.218. The first kappa shape index (κ1) is 53.1. The molecule has 0 bridgehead atoms. The van der Waals surface area contributed by atoms with Gasteiger partial charge in [-0.2, -0.15) is 0 Å². The van der Waals surface area contributed by atoms with Crippen molar-refractivity contribution in [2.75, 3.05) is 6.61 Å². The van der Waals surface area contributed by atoms with Crippen molar-refractivity contribution in [3.63, 3.8) is 0 Å². The van der Waals surface area contributed by atoms with Crippen LogP contribution in [-0.2, 0) is 18.4 Å². The number of hydrogen-bond donors (Lipinski definition) is 8. The van der Waals surface area contributed by atoms with Crippen molar-refractivity contribution in [1.82, 2.24) is 5.32 Å². The van der Waals surface area contributed by atoms with Crippen LogP contribution in [0.15, 0.2) is 12.2 Å². The molecule has 0 aromatic rings. The van der Waals surface area contributed by atoms with Crippen LogP contribution < -0.4 is 5.32 Å². The minimum atomic E-state index is -5.07. The summed E-state index contributed by atoms with van der Waals surface area (Å²) < 4.78 is 22.8. The fraction of sp³-hybridized carbons (Fsp3) is 0.930. The molecule has 1 amide bonds. The number of phosphoric acid groups is 1. The molecule has 9 atom stereocenters. The van der Waals surface area contributed by atoms with Crippen LogP contribution in [-0.4, -0.2) is 96.8 Å². The highest BCUT2D eigenvalue weighted by Gasteiger charge is 2.51. The van der Waals surface area contributed by atoms with E-state index in [4.69, 9.17) is 9.05 Å². The Morgan fingerprint density at radius 3 is 1.36 bits per heavy atom. The Morgan fingerprint density at radius 1 is 0.589 bits per heavy atom. The summed E-state index contributed by atoms with van der Waals surface area (Å²) in [7, 11) is -5.07. The highest BCUT2D eigenvalue weighted by molar-refractivity contribution is 7.47. The number of phosphoric ester groups is 1. The van der Waals surface area contributed by atoms with Crippen LogP contribution in [0.2, 0.25) is 0 Å². The van der Waals surface area contributed by atoms with Crippen LogP contribution >= 0.6 is 7.82 Å². The van der Waals surface area contributed by atoms with Gasteiger partial charge in [-0.3, -0.25) is 13.8 Å². The normalized spacial score (nSPS) is 23.7. The molecular weight excluding hydrogens is 737 g/mol. The van der Waals surface area contributed by atoms with E-state index in [2.05, 4.69) is 19.2 Å². The van der Waals surface area contributed by atoms with Gasteiger partial charge in [0.05, 0.1) is 18.8 Å². The average Bonchev–Trinajstić information content (AvgIpc) is 3.18. The SMILES string of the molecule is CCCCCCCCCC/C=C/[C@@H](O)[C@H](COP(=O)(O)OC1C(O)C(O)C(O)[C@@H](O)C1O)NC(=O)CCCCCCCCCCCCCCCCCCCCC. The molecule has 0 aromatic heterocycles. The molecular formula is C43H84NO11P. The Morgan fingerprint density at radius 2 is 0.946 bits per heavy atom. The van der Waals surface area contributed by atoms with Crippen LogP contribution in [0.1, 0.15) is 200 Å². The molecule has 1 fully saturated rings. The van der Waals surface area contributed by atoms with E-state index in [1.165, 1.54) is 134 Å². The fourth-order valence-electron chi connectivity index (χ4n) is 7.31. The number of carbonyl (C=O) groups excluding carboxylic acids is 1. The molecule has 1 rings (SSSR count). The standard InChI is InChI=1S/C43H84NO11P/c1-3-5-7-9-11-13-15-16-17-18-19-20-21-22-23-25-27-29-31-33-37(46)44-35(36(45)32-30-28-26-24-14-12-10-8-6-4-2)34-54-56(52,53)55-43-41(50)39(48)38(47)40(49)42(43)51/h30,32,35-36,38-43,45,47-51H,3-29,31,33-34H2,1-2H3,(H,44,46)(H,52,53)/b32-30+/t35-,36+,38?,39+,40?,41?,42?,43?/m0/s1. The lowest BCUT2D eigenvalue weighted by molar-refractivity contribution is -0.220. The zero-order valence-corrected chi connectivity index (χ0v) is 36.1. The molecule has 12 nitrogen and oxygen atoms in total. The van der Waals surface area contributed by atoms with Crippen LogP contribution in [0.5, 0.6) is 0 Å². The summed E-state index contributed by atoms with van der Waals surface area (Å²) in [5.74, 6) is -0.340. The summed E-state index contributed by atoms with van der Waals surface area (Å²) in [4.78, 5) is 23.3. The van der Waals surface area contributed by atoms with Crippen molar-refractivity contribution in [2.45, 2.75) is 249 Å². The van der Waals surface area contributed by atoms with Crippen LogP contribution in [0, 0.1) is 0 Å². The summed E-state index contributed by atoms with van der Waals surface area (Å²) in [6.07, 6.45) is 24.4. The average molecular weight is 822 g/mol. The van der Waals surface area contributed by atoms with Gasteiger partial charge in [0.2, 0.25) is 5.91 Å². The van der Waals surface area contributed by atoms with E-state index in [0.717, 1.165) is 44.9 Å².